The zero-order valence-electron chi connectivity index (χ0n) is 16.5. The summed E-state index contributed by atoms with van der Waals surface area (Å²) in [4.78, 5) is 29.3. The minimum absolute atomic E-state index is 0.300. The molecular formula is C23H23N3O2. The number of amides is 2. The summed E-state index contributed by atoms with van der Waals surface area (Å²) in [7, 11) is 0. The van der Waals surface area contributed by atoms with E-state index in [0.717, 1.165) is 27.9 Å². The minimum atomic E-state index is -0.308. The molecule has 3 rings (SSSR count). The number of anilines is 2. The highest BCUT2D eigenvalue weighted by atomic mass is 16.2. The number of carbonyl (C=O) groups is 2. The standard InChI is InChI=1S/C23H23N3O2/c1-14-8-9-20(10-17(14)4)25-22(27)18-11-19(13-24-12-18)23(28)26-21-15(2)6-5-7-16(21)3/h5-13H,1-4H3,(H,25,27)(H,26,28). The number of nitrogens with zero attached hydrogens (tertiary/aromatic N) is 1. The summed E-state index contributed by atoms with van der Waals surface area (Å²) in [5.74, 6) is -0.608. The van der Waals surface area contributed by atoms with Crippen LogP contribution in [0.15, 0.2) is 54.9 Å². The molecule has 1 heterocycles. The summed E-state index contributed by atoms with van der Waals surface area (Å²) in [6, 6.07) is 13.1. The lowest BCUT2D eigenvalue weighted by molar-refractivity contribution is 0.102. The van der Waals surface area contributed by atoms with Crippen molar-refractivity contribution in [2.45, 2.75) is 27.7 Å². The third-order valence-electron chi connectivity index (χ3n) is 4.75. The Hall–Kier alpha value is -3.47. The van der Waals surface area contributed by atoms with Gasteiger partial charge >= 0.3 is 0 Å². The molecule has 0 unspecified atom stereocenters. The number of carbonyl (C=O) groups excluding carboxylic acids is 2. The molecule has 1 aromatic heterocycles. The largest absolute Gasteiger partial charge is 0.322 e. The van der Waals surface area contributed by atoms with Gasteiger partial charge in [0.1, 0.15) is 0 Å². The van der Waals surface area contributed by atoms with Gasteiger partial charge in [-0.2, -0.15) is 0 Å². The van der Waals surface area contributed by atoms with E-state index >= 15 is 0 Å². The van der Waals surface area contributed by atoms with E-state index in [1.54, 1.807) is 6.07 Å². The van der Waals surface area contributed by atoms with Crippen LogP contribution < -0.4 is 10.6 Å². The smallest absolute Gasteiger partial charge is 0.257 e. The van der Waals surface area contributed by atoms with E-state index in [1.807, 2.05) is 64.1 Å². The summed E-state index contributed by atoms with van der Waals surface area (Å²) >= 11 is 0. The van der Waals surface area contributed by atoms with Crippen LogP contribution in [-0.4, -0.2) is 16.8 Å². The van der Waals surface area contributed by atoms with Crippen molar-refractivity contribution >= 4 is 23.2 Å². The highest BCUT2D eigenvalue weighted by Crippen LogP contribution is 2.20. The Morgan fingerprint density at radius 1 is 0.714 bits per heavy atom. The van der Waals surface area contributed by atoms with Gasteiger partial charge < -0.3 is 10.6 Å². The van der Waals surface area contributed by atoms with Crippen LogP contribution in [0.4, 0.5) is 11.4 Å². The maximum Gasteiger partial charge on any atom is 0.257 e. The molecule has 2 amide bonds. The Bertz CT molecular complexity index is 1040. The number of hydrogen-bond acceptors (Lipinski definition) is 3. The zero-order valence-corrected chi connectivity index (χ0v) is 16.5. The Labute approximate surface area is 164 Å². The SMILES string of the molecule is Cc1ccc(NC(=O)c2cncc(C(=O)Nc3c(C)cccc3C)c2)cc1C. The lowest BCUT2D eigenvalue weighted by atomic mass is 10.1. The average molecular weight is 373 g/mol. The molecule has 0 bridgehead atoms. The lowest BCUT2D eigenvalue weighted by Gasteiger charge is -2.12. The molecule has 2 N–H and O–H groups in total. The topological polar surface area (TPSA) is 71.1 Å². The predicted octanol–water partition coefficient (Wildman–Crippen LogP) is 4.82. The van der Waals surface area contributed by atoms with E-state index < -0.39 is 0 Å². The van der Waals surface area contributed by atoms with Crippen LogP contribution in [0.1, 0.15) is 43.0 Å². The van der Waals surface area contributed by atoms with E-state index in [0.29, 0.717) is 16.8 Å². The van der Waals surface area contributed by atoms with Gasteiger partial charge in [-0.05, 0) is 68.1 Å². The van der Waals surface area contributed by atoms with Crippen LogP contribution in [0.3, 0.4) is 0 Å². The van der Waals surface area contributed by atoms with Crippen LogP contribution in [0, 0.1) is 27.7 Å². The van der Waals surface area contributed by atoms with Gasteiger partial charge in [0.2, 0.25) is 0 Å². The van der Waals surface area contributed by atoms with Crippen molar-refractivity contribution in [3.05, 3.63) is 88.2 Å². The first-order valence-corrected chi connectivity index (χ1v) is 9.06. The number of benzene rings is 2. The molecule has 0 aliphatic carbocycles. The first-order valence-electron chi connectivity index (χ1n) is 9.06. The first kappa shape index (κ1) is 19.3. The normalized spacial score (nSPS) is 10.4. The van der Waals surface area contributed by atoms with Gasteiger partial charge in [0.05, 0.1) is 11.1 Å². The third-order valence-corrected chi connectivity index (χ3v) is 4.75. The molecule has 5 heteroatoms. The van der Waals surface area contributed by atoms with Crippen LogP contribution in [0.5, 0.6) is 0 Å². The molecule has 0 radical (unpaired) electrons. The molecular weight excluding hydrogens is 350 g/mol. The molecule has 0 saturated heterocycles. The first-order chi connectivity index (χ1) is 13.3. The Kier molecular flexibility index (Phi) is 5.54. The lowest BCUT2D eigenvalue weighted by Crippen LogP contribution is -2.17. The Morgan fingerprint density at radius 3 is 1.93 bits per heavy atom. The van der Waals surface area contributed by atoms with Crippen LogP contribution in [0.25, 0.3) is 0 Å². The van der Waals surface area contributed by atoms with Crippen LogP contribution >= 0.6 is 0 Å². The van der Waals surface area contributed by atoms with Crippen molar-refractivity contribution in [3.8, 4) is 0 Å². The van der Waals surface area contributed by atoms with E-state index in [4.69, 9.17) is 0 Å². The number of pyridine rings is 1. The molecule has 0 spiro atoms. The van der Waals surface area contributed by atoms with Gasteiger partial charge in [-0.25, -0.2) is 0 Å². The van der Waals surface area contributed by atoms with Crippen molar-refractivity contribution < 1.29 is 9.59 Å². The predicted molar refractivity (Wildman–Crippen MR) is 112 cm³/mol. The molecule has 0 aliphatic heterocycles. The highest BCUT2D eigenvalue weighted by Gasteiger charge is 2.14. The molecule has 0 saturated carbocycles. The van der Waals surface area contributed by atoms with E-state index in [-0.39, 0.29) is 11.8 Å². The molecule has 2 aromatic carbocycles. The number of aryl methyl sites for hydroxylation is 4. The van der Waals surface area contributed by atoms with Crippen molar-refractivity contribution in [1.82, 2.24) is 4.98 Å². The summed E-state index contributed by atoms with van der Waals surface area (Å²) in [5.41, 5.74) is 6.34. The fourth-order valence-electron chi connectivity index (χ4n) is 2.91. The van der Waals surface area contributed by atoms with Gasteiger partial charge in [0.15, 0.2) is 0 Å². The van der Waals surface area contributed by atoms with Gasteiger partial charge in [-0.3, -0.25) is 14.6 Å². The molecule has 142 valence electrons. The van der Waals surface area contributed by atoms with Crippen molar-refractivity contribution in [1.29, 1.82) is 0 Å². The molecule has 3 aromatic rings. The minimum Gasteiger partial charge on any atom is -0.322 e. The Morgan fingerprint density at radius 2 is 1.32 bits per heavy atom. The fourth-order valence-corrected chi connectivity index (χ4v) is 2.91. The van der Waals surface area contributed by atoms with Crippen molar-refractivity contribution in [2.24, 2.45) is 0 Å². The molecule has 28 heavy (non-hydrogen) atoms. The number of para-hydroxylation sites is 1. The van der Waals surface area contributed by atoms with Gasteiger partial charge in [0, 0.05) is 23.8 Å². The summed E-state index contributed by atoms with van der Waals surface area (Å²) in [6.07, 6.45) is 2.90. The zero-order chi connectivity index (χ0) is 20.3. The van der Waals surface area contributed by atoms with Crippen molar-refractivity contribution in [3.63, 3.8) is 0 Å². The van der Waals surface area contributed by atoms with Crippen LogP contribution in [0.2, 0.25) is 0 Å². The van der Waals surface area contributed by atoms with E-state index in [9.17, 15) is 9.59 Å². The average Bonchev–Trinajstić information content (AvgIpc) is 2.67. The monoisotopic (exact) mass is 373 g/mol. The summed E-state index contributed by atoms with van der Waals surface area (Å²) in [5, 5.41) is 5.76. The second-order valence-electron chi connectivity index (χ2n) is 6.94. The second kappa shape index (κ2) is 8.05. The van der Waals surface area contributed by atoms with Gasteiger partial charge in [-0.15, -0.1) is 0 Å². The van der Waals surface area contributed by atoms with Gasteiger partial charge in [-0.1, -0.05) is 24.3 Å². The second-order valence-corrected chi connectivity index (χ2v) is 6.94. The molecule has 0 aliphatic rings. The van der Waals surface area contributed by atoms with E-state index in [2.05, 4.69) is 15.6 Å². The fraction of sp³-hybridized carbons (Fsp3) is 0.174. The highest BCUT2D eigenvalue weighted by molar-refractivity contribution is 6.08. The number of aromatic nitrogens is 1. The van der Waals surface area contributed by atoms with Crippen molar-refractivity contribution in [2.75, 3.05) is 10.6 Å². The summed E-state index contributed by atoms with van der Waals surface area (Å²) in [6.45, 7) is 7.89. The third kappa shape index (κ3) is 4.26. The maximum atomic E-state index is 12.7. The molecule has 5 nitrogen and oxygen atoms in total. The number of hydrogen-bond donors (Lipinski definition) is 2. The number of rotatable bonds is 4. The quantitative estimate of drug-likeness (QED) is 0.689. The maximum absolute atomic E-state index is 12.7. The van der Waals surface area contributed by atoms with Crippen LogP contribution in [-0.2, 0) is 0 Å². The number of nitrogens with one attached hydrogen (secondary N) is 2. The molecule has 0 atom stereocenters. The summed E-state index contributed by atoms with van der Waals surface area (Å²) < 4.78 is 0. The van der Waals surface area contributed by atoms with Gasteiger partial charge in [0.25, 0.3) is 11.8 Å². The Balaban J connectivity index is 1.78. The molecule has 0 fully saturated rings. The van der Waals surface area contributed by atoms with E-state index in [1.165, 1.54) is 12.4 Å².